The van der Waals surface area contributed by atoms with Crippen LogP contribution in [0.2, 0.25) is 0 Å². The van der Waals surface area contributed by atoms with Crippen LogP contribution in [-0.4, -0.2) is 19.8 Å². The highest BCUT2D eigenvalue weighted by Crippen LogP contribution is 2.40. The van der Waals surface area contributed by atoms with Crippen LogP contribution in [0.4, 0.5) is 0 Å². The Morgan fingerprint density at radius 1 is 1.19 bits per heavy atom. The van der Waals surface area contributed by atoms with Gasteiger partial charge in [-0.1, -0.05) is 50.1 Å². The molecule has 2 atom stereocenters. The van der Waals surface area contributed by atoms with Crippen molar-refractivity contribution < 1.29 is 14.2 Å². The third-order valence-corrected chi connectivity index (χ3v) is 5.13. The maximum Gasteiger partial charge on any atom is 0.161 e. The summed E-state index contributed by atoms with van der Waals surface area (Å²) in [4.78, 5) is 0.0196. The van der Waals surface area contributed by atoms with Crippen molar-refractivity contribution in [2.75, 3.05) is 13.7 Å². The number of para-hydroxylation sites is 2. The fourth-order valence-corrected chi connectivity index (χ4v) is 3.81. The van der Waals surface area contributed by atoms with Crippen LogP contribution in [0.15, 0.2) is 46.9 Å². The maximum absolute atomic E-state index is 6.04. The highest BCUT2D eigenvalue weighted by Gasteiger charge is 2.29. The Kier molecular flexibility index (Phi) is 4.40. The molecule has 1 aliphatic rings. The number of hydrogen-bond donors (Lipinski definition) is 0. The normalized spacial score (nSPS) is 18.1. The lowest BCUT2D eigenvalue weighted by molar-refractivity contribution is 0.0903. The minimum Gasteiger partial charge on any atom is -0.497 e. The van der Waals surface area contributed by atoms with Gasteiger partial charge in [0.1, 0.15) is 18.5 Å². The molecule has 1 aliphatic heterocycles. The number of rotatable bonds is 3. The van der Waals surface area contributed by atoms with Crippen LogP contribution in [0, 0.1) is 0 Å². The number of hydrogen-bond acceptors (Lipinski definition) is 3. The van der Waals surface area contributed by atoms with Crippen molar-refractivity contribution in [1.29, 1.82) is 0 Å². The van der Waals surface area contributed by atoms with Crippen molar-refractivity contribution in [3.8, 4) is 17.2 Å². The molecule has 0 saturated heterocycles. The summed E-state index contributed by atoms with van der Waals surface area (Å²) in [5, 5.41) is 0. The molecule has 0 saturated carbocycles. The van der Waals surface area contributed by atoms with Crippen LogP contribution in [0.3, 0.4) is 0 Å². The summed E-state index contributed by atoms with van der Waals surface area (Å²) in [7, 11) is 1.65. The molecule has 5 heteroatoms. The zero-order chi connectivity index (χ0) is 14.8. The second-order valence-electron chi connectivity index (χ2n) is 4.70. The van der Waals surface area contributed by atoms with Crippen molar-refractivity contribution >= 4 is 31.9 Å². The van der Waals surface area contributed by atoms with E-state index in [0.717, 1.165) is 27.3 Å². The predicted molar refractivity (Wildman–Crippen MR) is 88.7 cm³/mol. The van der Waals surface area contributed by atoms with Gasteiger partial charge in [0.25, 0.3) is 0 Å². The van der Waals surface area contributed by atoms with E-state index in [1.165, 1.54) is 0 Å². The Morgan fingerprint density at radius 2 is 1.95 bits per heavy atom. The molecule has 0 aromatic heterocycles. The topological polar surface area (TPSA) is 27.7 Å². The number of methoxy groups -OCH3 is 1. The molecule has 0 amide bonds. The second-order valence-corrected chi connectivity index (χ2v) is 6.54. The van der Waals surface area contributed by atoms with E-state index in [0.29, 0.717) is 6.61 Å². The third-order valence-electron chi connectivity index (χ3n) is 3.36. The summed E-state index contributed by atoms with van der Waals surface area (Å²) in [6.45, 7) is 0.505. The minimum atomic E-state index is -0.0930. The van der Waals surface area contributed by atoms with E-state index in [1.807, 2.05) is 42.5 Å². The monoisotopic (exact) mass is 412 g/mol. The highest BCUT2D eigenvalue weighted by molar-refractivity contribution is 9.11. The molecular weight excluding hydrogens is 400 g/mol. The largest absolute Gasteiger partial charge is 0.497 e. The average molecular weight is 414 g/mol. The molecule has 21 heavy (non-hydrogen) atoms. The zero-order valence-corrected chi connectivity index (χ0v) is 14.6. The van der Waals surface area contributed by atoms with Crippen molar-refractivity contribution in [3.63, 3.8) is 0 Å². The highest BCUT2D eigenvalue weighted by atomic mass is 79.9. The summed E-state index contributed by atoms with van der Waals surface area (Å²) in [6, 6.07) is 13.6. The molecule has 0 aliphatic carbocycles. The number of ether oxygens (including phenoxy) is 3. The molecule has 2 aromatic carbocycles. The van der Waals surface area contributed by atoms with Crippen LogP contribution in [0.1, 0.15) is 10.4 Å². The molecule has 1 heterocycles. The molecule has 0 radical (unpaired) electrons. The molecule has 0 spiro atoms. The summed E-state index contributed by atoms with van der Waals surface area (Å²) >= 11 is 7.30. The smallest absolute Gasteiger partial charge is 0.161 e. The molecule has 110 valence electrons. The first-order valence-corrected chi connectivity index (χ1v) is 8.26. The summed E-state index contributed by atoms with van der Waals surface area (Å²) in [5.41, 5.74) is 1.10. The first kappa shape index (κ1) is 14.7. The van der Waals surface area contributed by atoms with Gasteiger partial charge in [0.15, 0.2) is 11.5 Å². The van der Waals surface area contributed by atoms with E-state index in [4.69, 9.17) is 14.2 Å². The summed E-state index contributed by atoms with van der Waals surface area (Å²) < 4.78 is 18.0. The van der Waals surface area contributed by atoms with Gasteiger partial charge in [0.2, 0.25) is 0 Å². The van der Waals surface area contributed by atoms with Crippen molar-refractivity contribution in [2.24, 2.45) is 0 Å². The van der Waals surface area contributed by atoms with E-state index in [2.05, 4.69) is 31.9 Å². The van der Waals surface area contributed by atoms with E-state index in [9.17, 15) is 0 Å². The number of fused-ring (bicyclic) bond motifs is 1. The Balaban J connectivity index is 1.82. The van der Waals surface area contributed by atoms with E-state index in [1.54, 1.807) is 7.11 Å². The SMILES string of the molecule is COc1ccc(C(Br)C2COc3ccccc3O2)c(Br)c1. The van der Waals surface area contributed by atoms with Crippen molar-refractivity contribution in [2.45, 2.75) is 10.9 Å². The van der Waals surface area contributed by atoms with Crippen molar-refractivity contribution in [1.82, 2.24) is 0 Å². The third kappa shape index (κ3) is 3.04. The molecule has 2 aromatic rings. The molecule has 0 bridgehead atoms. The predicted octanol–water partition coefficient (Wildman–Crippen LogP) is 4.73. The van der Waals surface area contributed by atoms with Gasteiger partial charge in [-0.3, -0.25) is 0 Å². The van der Waals surface area contributed by atoms with E-state index in [-0.39, 0.29) is 10.9 Å². The Bertz CT molecular complexity index is 645. The van der Waals surface area contributed by atoms with Crippen LogP contribution in [-0.2, 0) is 0 Å². The molecule has 2 unspecified atom stereocenters. The Morgan fingerprint density at radius 3 is 2.67 bits per heavy atom. The zero-order valence-electron chi connectivity index (χ0n) is 11.4. The first-order chi connectivity index (χ1) is 10.2. The first-order valence-electron chi connectivity index (χ1n) is 6.55. The minimum absolute atomic E-state index is 0.0196. The molecule has 0 N–H and O–H groups in total. The Hall–Kier alpha value is -1.20. The van der Waals surface area contributed by atoms with Gasteiger partial charge in [0, 0.05) is 4.47 Å². The number of benzene rings is 2. The maximum atomic E-state index is 6.04. The molecule has 3 nitrogen and oxygen atoms in total. The van der Waals surface area contributed by atoms with Gasteiger partial charge in [-0.2, -0.15) is 0 Å². The lowest BCUT2D eigenvalue weighted by atomic mass is 10.1. The Labute approximate surface area is 140 Å². The van der Waals surface area contributed by atoms with Gasteiger partial charge in [-0.15, -0.1) is 0 Å². The van der Waals surface area contributed by atoms with Crippen LogP contribution < -0.4 is 14.2 Å². The van der Waals surface area contributed by atoms with Gasteiger partial charge >= 0.3 is 0 Å². The quantitative estimate of drug-likeness (QED) is 0.680. The lowest BCUT2D eigenvalue weighted by Gasteiger charge is -2.30. The molecule has 0 fully saturated rings. The molecular formula is C16H14Br2O3. The lowest BCUT2D eigenvalue weighted by Crippen LogP contribution is -2.32. The van der Waals surface area contributed by atoms with E-state index < -0.39 is 0 Å². The van der Waals surface area contributed by atoms with Gasteiger partial charge in [0.05, 0.1) is 11.9 Å². The average Bonchev–Trinajstić information content (AvgIpc) is 2.53. The second kappa shape index (κ2) is 6.28. The van der Waals surface area contributed by atoms with E-state index >= 15 is 0 Å². The van der Waals surface area contributed by atoms with Crippen LogP contribution in [0.25, 0.3) is 0 Å². The summed E-state index contributed by atoms with van der Waals surface area (Å²) in [5.74, 6) is 2.39. The number of halogens is 2. The van der Waals surface area contributed by atoms with Gasteiger partial charge in [-0.25, -0.2) is 0 Å². The van der Waals surface area contributed by atoms with Crippen molar-refractivity contribution in [3.05, 3.63) is 52.5 Å². The van der Waals surface area contributed by atoms with Gasteiger partial charge in [-0.05, 0) is 29.8 Å². The number of alkyl halides is 1. The summed E-state index contributed by atoms with van der Waals surface area (Å²) in [6.07, 6.45) is -0.0930. The standard InChI is InChI=1S/C16H14Br2O3/c1-19-10-6-7-11(12(17)8-10)16(18)15-9-20-13-4-2-3-5-14(13)21-15/h2-8,15-16H,9H2,1H3. The van der Waals surface area contributed by atoms with Crippen LogP contribution >= 0.6 is 31.9 Å². The van der Waals surface area contributed by atoms with Gasteiger partial charge < -0.3 is 14.2 Å². The fraction of sp³-hybridized carbons (Fsp3) is 0.250. The van der Waals surface area contributed by atoms with Crippen LogP contribution in [0.5, 0.6) is 17.2 Å². The molecule has 3 rings (SSSR count). The fourth-order valence-electron chi connectivity index (χ4n) is 2.24.